The number of hydrogen-bond donors (Lipinski definition) is 0. The lowest BCUT2D eigenvalue weighted by molar-refractivity contribution is 1.15. The zero-order chi connectivity index (χ0) is 10.2. The third-order valence-electron chi connectivity index (χ3n) is 2.51. The number of allylic oxidation sites excluding steroid dienone is 8. The van der Waals surface area contributed by atoms with Crippen molar-refractivity contribution in [3.63, 3.8) is 0 Å². The van der Waals surface area contributed by atoms with Crippen molar-refractivity contribution in [3.05, 3.63) is 47.6 Å². The minimum atomic E-state index is 0. The molecule has 0 saturated carbocycles. The van der Waals surface area contributed by atoms with E-state index in [2.05, 4.69) is 50.3 Å². The maximum atomic E-state index is 2.26. The van der Waals surface area contributed by atoms with E-state index in [1.165, 1.54) is 24.0 Å². The quantitative estimate of drug-likeness (QED) is 0.623. The van der Waals surface area contributed by atoms with E-state index in [-0.39, 0.29) is 24.8 Å². The fraction of sp³-hybridized carbons (Fsp3) is 0.429. The van der Waals surface area contributed by atoms with Crippen LogP contribution in [0.5, 0.6) is 0 Å². The molecule has 0 spiro atoms. The van der Waals surface area contributed by atoms with Crippen LogP contribution >= 0.6 is 24.8 Å². The molecule has 0 unspecified atom stereocenters. The van der Waals surface area contributed by atoms with Gasteiger partial charge in [0.15, 0.2) is 0 Å². The maximum absolute atomic E-state index is 2.26. The minimum Gasteiger partial charge on any atom is -0.147 e. The molecule has 2 rings (SSSR count). The lowest BCUT2D eigenvalue weighted by Crippen LogP contribution is -1.64. The average Bonchev–Trinajstić information content (AvgIpc) is 2.92. The second kappa shape index (κ2) is 11.0. The van der Waals surface area contributed by atoms with E-state index in [4.69, 9.17) is 0 Å². The van der Waals surface area contributed by atoms with Gasteiger partial charge in [-0.05, 0) is 25.7 Å². The van der Waals surface area contributed by atoms with Crippen LogP contribution in [0.15, 0.2) is 47.6 Å². The number of hydrogen-bond acceptors (Lipinski definition) is 0. The van der Waals surface area contributed by atoms with Crippen LogP contribution < -0.4 is 0 Å². The first-order valence-electron chi connectivity index (χ1n) is 5.58. The van der Waals surface area contributed by atoms with Gasteiger partial charge in [0.1, 0.15) is 0 Å². The average molecular weight is 261 g/mol. The van der Waals surface area contributed by atoms with E-state index in [1.807, 2.05) is 0 Å². The molecule has 2 heteroatoms. The third kappa shape index (κ3) is 6.92. The second-order valence-corrected chi connectivity index (χ2v) is 3.54. The Bertz CT molecular complexity index is 253. The molecule has 0 aromatic rings. The molecular weight excluding hydrogens is 239 g/mol. The van der Waals surface area contributed by atoms with Crippen LogP contribution in [-0.2, 0) is 0 Å². The van der Waals surface area contributed by atoms with E-state index < -0.39 is 0 Å². The van der Waals surface area contributed by atoms with Gasteiger partial charge in [-0.1, -0.05) is 61.4 Å². The van der Waals surface area contributed by atoms with Crippen molar-refractivity contribution < 1.29 is 0 Å². The Morgan fingerprint density at radius 2 is 1.19 bits per heavy atom. The summed E-state index contributed by atoms with van der Waals surface area (Å²) in [7, 11) is 0. The molecule has 0 aromatic carbocycles. The van der Waals surface area contributed by atoms with E-state index in [0.29, 0.717) is 0 Å². The highest BCUT2D eigenvalue weighted by Gasteiger charge is 1.90. The molecule has 0 aliphatic heterocycles. The first kappa shape index (κ1) is 17.9. The van der Waals surface area contributed by atoms with Crippen LogP contribution in [0.25, 0.3) is 0 Å². The fourth-order valence-electron chi connectivity index (χ4n) is 1.54. The number of halogens is 2. The topological polar surface area (TPSA) is 0 Å². The van der Waals surface area contributed by atoms with Gasteiger partial charge < -0.3 is 0 Å². The Balaban J connectivity index is 0. The van der Waals surface area contributed by atoms with Crippen molar-refractivity contribution in [2.24, 2.45) is 0 Å². The second-order valence-electron chi connectivity index (χ2n) is 3.54. The highest BCUT2D eigenvalue weighted by atomic mass is 35.5. The highest BCUT2D eigenvalue weighted by molar-refractivity contribution is 5.85. The predicted octanol–water partition coefficient (Wildman–Crippen LogP) is 5.41. The summed E-state index contributed by atoms with van der Waals surface area (Å²) in [5.41, 5.74) is 2.97. The molecule has 0 radical (unpaired) electrons. The van der Waals surface area contributed by atoms with E-state index in [1.54, 1.807) is 0 Å². The highest BCUT2D eigenvalue weighted by Crippen LogP contribution is 2.11. The Morgan fingerprint density at radius 1 is 0.812 bits per heavy atom. The lowest BCUT2D eigenvalue weighted by atomic mass is 10.2. The SMILES string of the molecule is CCC1=CCC=C1.CCC1=CCC=C1.Cl.Cl. The lowest BCUT2D eigenvalue weighted by Gasteiger charge is -1.84. The van der Waals surface area contributed by atoms with Crippen molar-refractivity contribution in [3.8, 4) is 0 Å². The van der Waals surface area contributed by atoms with E-state index in [0.717, 1.165) is 12.8 Å². The normalized spacial score (nSPS) is 15.4. The van der Waals surface area contributed by atoms with Crippen LogP contribution in [0.3, 0.4) is 0 Å². The van der Waals surface area contributed by atoms with E-state index in [9.17, 15) is 0 Å². The van der Waals surface area contributed by atoms with Gasteiger partial charge in [-0.15, -0.1) is 24.8 Å². The Morgan fingerprint density at radius 3 is 1.31 bits per heavy atom. The summed E-state index contributed by atoms with van der Waals surface area (Å²) in [6, 6.07) is 0. The summed E-state index contributed by atoms with van der Waals surface area (Å²) in [5.74, 6) is 0. The third-order valence-corrected chi connectivity index (χ3v) is 2.51. The molecule has 2 aliphatic rings. The molecule has 2 aliphatic carbocycles. The number of rotatable bonds is 2. The van der Waals surface area contributed by atoms with Crippen LogP contribution in [0.4, 0.5) is 0 Å². The minimum absolute atomic E-state index is 0. The van der Waals surface area contributed by atoms with Crippen molar-refractivity contribution in [1.82, 2.24) is 0 Å². The summed E-state index contributed by atoms with van der Waals surface area (Å²) in [5, 5.41) is 0. The zero-order valence-corrected chi connectivity index (χ0v) is 11.7. The molecule has 0 bridgehead atoms. The smallest absolute Gasteiger partial charge is 0.0160 e. The van der Waals surface area contributed by atoms with Gasteiger partial charge in [-0.3, -0.25) is 0 Å². The summed E-state index contributed by atoms with van der Waals surface area (Å²) in [4.78, 5) is 0. The Hall–Kier alpha value is -0.460. The largest absolute Gasteiger partial charge is 0.147 e. The molecular formula is C14H22Cl2. The Labute approximate surface area is 112 Å². The summed E-state index contributed by atoms with van der Waals surface area (Å²) < 4.78 is 0. The monoisotopic (exact) mass is 260 g/mol. The van der Waals surface area contributed by atoms with Crippen LogP contribution in [-0.4, -0.2) is 0 Å². The molecule has 0 nitrogen and oxygen atoms in total. The van der Waals surface area contributed by atoms with Gasteiger partial charge in [-0.25, -0.2) is 0 Å². The van der Waals surface area contributed by atoms with Gasteiger partial charge in [0.25, 0.3) is 0 Å². The maximum Gasteiger partial charge on any atom is -0.0160 e. The summed E-state index contributed by atoms with van der Waals surface area (Å²) in [6.45, 7) is 4.36. The summed E-state index contributed by atoms with van der Waals surface area (Å²) >= 11 is 0. The zero-order valence-electron chi connectivity index (χ0n) is 10.1. The molecule has 0 aromatic heterocycles. The van der Waals surface area contributed by atoms with Crippen molar-refractivity contribution in [2.45, 2.75) is 39.5 Å². The van der Waals surface area contributed by atoms with Crippen molar-refractivity contribution in [2.75, 3.05) is 0 Å². The molecule has 0 heterocycles. The van der Waals surface area contributed by atoms with Gasteiger partial charge in [0, 0.05) is 0 Å². The fourth-order valence-corrected chi connectivity index (χ4v) is 1.54. The Kier molecular flexibility index (Phi) is 12.4. The summed E-state index contributed by atoms with van der Waals surface area (Å²) in [6.07, 6.45) is 18.0. The molecule has 0 fully saturated rings. The van der Waals surface area contributed by atoms with Gasteiger partial charge in [0.05, 0.1) is 0 Å². The van der Waals surface area contributed by atoms with E-state index >= 15 is 0 Å². The van der Waals surface area contributed by atoms with Gasteiger partial charge >= 0.3 is 0 Å². The molecule has 0 amide bonds. The van der Waals surface area contributed by atoms with Crippen molar-refractivity contribution >= 4 is 24.8 Å². The first-order chi connectivity index (χ1) is 6.86. The van der Waals surface area contributed by atoms with Crippen molar-refractivity contribution in [1.29, 1.82) is 0 Å². The predicted molar refractivity (Wildman–Crippen MR) is 78.8 cm³/mol. The first-order valence-corrected chi connectivity index (χ1v) is 5.58. The van der Waals surface area contributed by atoms with Gasteiger partial charge in [-0.2, -0.15) is 0 Å². The molecule has 92 valence electrons. The van der Waals surface area contributed by atoms with Crippen LogP contribution in [0.2, 0.25) is 0 Å². The van der Waals surface area contributed by atoms with Crippen LogP contribution in [0, 0.1) is 0 Å². The van der Waals surface area contributed by atoms with Crippen LogP contribution in [0.1, 0.15) is 39.5 Å². The molecule has 0 N–H and O–H groups in total. The standard InChI is InChI=1S/2C7H10.2ClH/c2*1-2-7-5-3-4-6-7;;/h2*3,5-6H,2,4H2,1H3;2*1H. The molecule has 0 atom stereocenters. The molecule has 0 saturated heterocycles. The van der Waals surface area contributed by atoms with Gasteiger partial charge in [0.2, 0.25) is 0 Å². The molecule has 16 heavy (non-hydrogen) atoms.